The lowest BCUT2D eigenvalue weighted by molar-refractivity contribution is -0.134. The van der Waals surface area contributed by atoms with Crippen LogP contribution >= 0.6 is 24.0 Å². The zero-order chi connectivity index (χ0) is 19.7. The number of hydrogen-bond acceptors (Lipinski definition) is 4. The molecule has 2 heterocycles. The lowest BCUT2D eigenvalue weighted by Gasteiger charge is -2.39. The first kappa shape index (κ1) is 25.4. The number of likely N-dealkylation sites (tertiary alicyclic amines) is 1. The SMILES string of the molecule is CCNC(=NCC(C)(C)N1CCOCC1)NCCC(=O)N1CCCCC1C.I. The van der Waals surface area contributed by atoms with Crippen molar-refractivity contribution < 1.29 is 9.53 Å². The number of guanidine groups is 1. The van der Waals surface area contributed by atoms with Gasteiger partial charge in [-0.2, -0.15) is 0 Å². The van der Waals surface area contributed by atoms with Gasteiger partial charge >= 0.3 is 0 Å². The summed E-state index contributed by atoms with van der Waals surface area (Å²) in [6.07, 6.45) is 4.01. The number of morpholine rings is 1. The minimum atomic E-state index is -0.00875. The molecule has 0 radical (unpaired) electrons. The van der Waals surface area contributed by atoms with Gasteiger partial charge in [0, 0.05) is 50.7 Å². The van der Waals surface area contributed by atoms with Crippen LogP contribution in [0.3, 0.4) is 0 Å². The molecule has 0 aromatic heterocycles. The monoisotopic (exact) mass is 509 g/mol. The first-order valence-electron chi connectivity index (χ1n) is 10.6. The number of halogens is 1. The maximum absolute atomic E-state index is 12.5. The predicted molar refractivity (Wildman–Crippen MR) is 126 cm³/mol. The molecule has 7 nitrogen and oxygen atoms in total. The van der Waals surface area contributed by atoms with Crippen LogP contribution in [0.2, 0.25) is 0 Å². The van der Waals surface area contributed by atoms with Gasteiger partial charge in [0.05, 0.1) is 19.8 Å². The van der Waals surface area contributed by atoms with Crippen molar-refractivity contribution in [2.75, 3.05) is 52.5 Å². The molecule has 2 N–H and O–H groups in total. The molecular formula is C20H40IN5O2. The lowest BCUT2D eigenvalue weighted by atomic mass is 10.0. The molecule has 28 heavy (non-hydrogen) atoms. The Bertz CT molecular complexity index is 495. The van der Waals surface area contributed by atoms with E-state index in [9.17, 15) is 4.79 Å². The van der Waals surface area contributed by atoms with E-state index in [1.54, 1.807) is 0 Å². The summed E-state index contributed by atoms with van der Waals surface area (Å²) < 4.78 is 5.45. The minimum Gasteiger partial charge on any atom is -0.379 e. The highest BCUT2D eigenvalue weighted by molar-refractivity contribution is 14.0. The third-order valence-electron chi connectivity index (χ3n) is 5.59. The summed E-state index contributed by atoms with van der Waals surface area (Å²) in [7, 11) is 0. The van der Waals surface area contributed by atoms with Gasteiger partial charge in [-0.1, -0.05) is 0 Å². The molecule has 1 amide bonds. The minimum absolute atomic E-state index is 0. The second-order valence-corrected chi connectivity index (χ2v) is 8.22. The molecule has 2 aliphatic heterocycles. The summed E-state index contributed by atoms with van der Waals surface area (Å²) in [6.45, 7) is 15.2. The quantitative estimate of drug-likeness (QED) is 0.313. The van der Waals surface area contributed by atoms with Crippen LogP contribution in [0.15, 0.2) is 4.99 Å². The molecule has 0 bridgehead atoms. The molecule has 0 saturated carbocycles. The van der Waals surface area contributed by atoms with Crippen LogP contribution in [0.1, 0.15) is 53.4 Å². The normalized spacial score (nSPS) is 21.8. The average molecular weight is 509 g/mol. The Labute approximate surface area is 188 Å². The number of hydrogen-bond donors (Lipinski definition) is 2. The van der Waals surface area contributed by atoms with E-state index in [0.29, 0.717) is 25.6 Å². The van der Waals surface area contributed by atoms with Crippen molar-refractivity contribution in [1.29, 1.82) is 0 Å². The van der Waals surface area contributed by atoms with Gasteiger partial charge in [-0.3, -0.25) is 14.7 Å². The molecule has 2 rings (SSSR count). The van der Waals surface area contributed by atoms with Gasteiger partial charge in [-0.05, 0) is 47.0 Å². The van der Waals surface area contributed by atoms with Crippen LogP contribution in [0.4, 0.5) is 0 Å². The Morgan fingerprint density at radius 1 is 1.18 bits per heavy atom. The number of piperidine rings is 1. The Balaban J connectivity index is 0.00000392. The molecule has 2 saturated heterocycles. The van der Waals surface area contributed by atoms with E-state index in [-0.39, 0.29) is 35.4 Å². The second kappa shape index (κ2) is 12.8. The van der Waals surface area contributed by atoms with Crippen molar-refractivity contribution in [3.05, 3.63) is 0 Å². The summed E-state index contributed by atoms with van der Waals surface area (Å²) in [5, 5.41) is 6.62. The number of carbonyl (C=O) groups is 1. The Kier molecular flexibility index (Phi) is 11.7. The van der Waals surface area contributed by atoms with E-state index in [1.165, 1.54) is 6.42 Å². The van der Waals surface area contributed by atoms with Crippen molar-refractivity contribution >= 4 is 35.8 Å². The van der Waals surface area contributed by atoms with Crippen molar-refractivity contribution in [1.82, 2.24) is 20.4 Å². The standard InChI is InChI=1S/C20H39N5O2.HI/c1-5-21-19(23-16-20(3,4)24-12-14-27-15-13-24)22-10-9-18(26)25-11-7-6-8-17(25)2;/h17H,5-16H2,1-4H3,(H2,21,22,23);1H. The number of aliphatic imine (C=N–C) groups is 1. The smallest absolute Gasteiger partial charge is 0.224 e. The molecule has 1 unspecified atom stereocenters. The highest BCUT2D eigenvalue weighted by Gasteiger charge is 2.28. The molecule has 0 aromatic carbocycles. The van der Waals surface area contributed by atoms with E-state index >= 15 is 0 Å². The summed E-state index contributed by atoms with van der Waals surface area (Å²) >= 11 is 0. The topological polar surface area (TPSA) is 69.2 Å². The summed E-state index contributed by atoms with van der Waals surface area (Å²) in [5.74, 6) is 1.04. The fourth-order valence-corrected chi connectivity index (χ4v) is 3.78. The summed E-state index contributed by atoms with van der Waals surface area (Å²) in [6, 6.07) is 0.377. The van der Waals surface area contributed by atoms with E-state index in [4.69, 9.17) is 9.73 Å². The average Bonchev–Trinajstić information content (AvgIpc) is 2.67. The van der Waals surface area contributed by atoms with Gasteiger partial charge < -0.3 is 20.3 Å². The maximum atomic E-state index is 12.5. The van der Waals surface area contributed by atoms with Gasteiger partial charge in [-0.25, -0.2) is 0 Å². The van der Waals surface area contributed by atoms with Crippen LogP contribution in [-0.2, 0) is 9.53 Å². The molecule has 1 atom stereocenters. The second-order valence-electron chi connectivity index (χ2n) is 8.22. The lowest BCUT2D eigenvalue weighted by Crippen LogP contribution is -2.52. The van der Waals surface area contributed by atoms with Crippen LogP contribution in [0.5, 0.6) is 0 Å². The highest BCUT2D eigenvalue weighted by Crippen LogP contribution is 2.17. The number of amides is 1. The predicted octanol–water partition coefficient (Wildman–Crippen LogP) is 2.06. The molecule has 2 fully saturated rings. The Hall–Kier alpha value is -0.610. The van der Waals surface area contributed by atoms with Crippen LogP contribution in [0.25, 0.3) is 0 Å². The largest absolute Gasteiger partial charge is 0.379 e. The Morgan fingerprint density at radius 3 is 2.54 bits per heavy atom. The first-order valence-corrected chi connectivity index (χ1v) is 10.6. The van der Waals surface area contributed by atoms with Crippen molar-refractivity contribution in [3.63, 3.8) is 0 Å². The van der Waals surface area contributed by atoms with E-state index in [2.05, 4.69) is 43.2 Å². The highest BCUT2D eigenvalue weighted by atomic mass is 127. The van der Waals surface area contributed by atoms with E-state index in [1.807, 2.05) is 4.90 Å². The fraction of sp³-hybridized carbons (Fsp3) is 0.900. The zero-order valence-electron chi connectivity index (χ0n) is 18.1. The molecule has 0 aliphatic carbocycles. The van der Waals surface area contributed by atoms with Gasteiger partial charge in [0.1, 0.15) is 0 Å². The fourth-order valence-electron chi connectivity index (χ4n) is 3.78. The maximum Gasteiger partial charge on any atom is 0.224 e. The van der Waals surface area contributed by atoms with Crippen molar-refractivity contribution in [3.8, 4) is 0 Å². The molecule has 8 heteroatoms. The van der Waals surface area contributed by atoms with Gasteiger partial charge in [0.25, 0.3) is 0 Å². The van der Waals surface area contributed by atoms with E-state index < -0.39 is 0 Å². The summed E-state index contributed by atoms with van der Waals surface area (Å²) in [5.41, 5.74) is -0.00875. The number of nitrogens with one attached hydrogen (secondary N) is 2. The molecule has 0 spiro atoms. The van der Waals surface area contributed by atoms with Crippen molar-refractivity contribution in [2.45, 2.75) is 65.0 Å². The molecule has 0 aromatic rings. The van der Waals surface area contributed by atoms with Crippen LogP contribution in [0, 0.1) is 0 Å². The van der Waals surface area contributed by atoms with E-state index in [0.717, 1.165) is 58.2 Å². The van der Waals surface area contributed by atoms with Crippen molar-refractivity contribution in [2.24, 2.45) is 4.99 Å². The molecule has 164 valence electrons. The number of rotatable bonds is 7. The van der Waals surface area contributed by atoms with Gasteiger partial charge in [0.2, 0.25) is 5.91 Å². The van der Waals surface area contributed by atoms with Gasteiger partial charge in [0.15, 0.2) is 5.96 Å². The number of carbonyl (C=O) groups excluding carboxylic acids is 1. The third kappa shape index (κ3) is 8.02. The first-order chi connectivity index (χ1) is 12.9. The van der Waals surface area contributed by atoms with Crippen LogP contribution < -0.4 is 10.6 Å². The third-order valence-corrected chi connectivity index (χ3v) is 5.59. The summed E-state index contributed by atoms with van der Waals surface area (Å²) in [4.78, 5) is 21.7. The molecular weight excluding hydrogens is 469 g/mol. The number of ether oxygens (including phenoxy) is 1. The Morgan fingerprint density at radius 2 is 1.89 bits per heavy atom. The zero-order valence-corrected chi connectivity index (χ0v) is 20.5. The molecule has 2 aliphatic rings. The van der Waals surface area contributed by atoms with Gasteiger partial charge in [-0.15, -0.1) is 24.0 Å². The van der Waals surface area contributed by atoms with Crippen LogP contribution in [-0.4, -0.2) is 85.7 Å². The number of nitrogens with zero attached hydrogens (tertiary/aromatic N) is 3.